The fourth-order valence-electron chi connectivity index (χ4n) is 1.70. The van der Waals surface area contributed by atoms with Gasteiger partial charge in [0.2, 0.25) is 0 Å². The summed E-state index contributed by atoms with van der Waals surface area (Å²) in [6.07, 6.45) is 3.67. The zero-order valence-corrected chi connectivity index (χ0v) is 12.1. The van der Waals surface area contributed by atoms with Crippen LogP contribution in [0.25, 0.3) is 11.0 Å². The number of rotatable bonds is 4. The summed E-state index contributed by atoms with van der Waals surface area (Å²) in [5.41, 5.74) is 4.15. The molecule has 1 atom stereocenters. The number of aryl methyl sites for hydroxylation is 1. The van der Waals surface area contributed by atoms with Gasteiger partial charge in [-0.15, -0.1) is 0 Å². The summed E-state index contributed by atoms with van der Waals surface area (Å²) in [6, 6.07) is 4.00. The lowest BCUT2D eigenvalue weighted by atomic mass is 10.0. The number of aldehydes is 1. The van der Waals surface area contributed by atoms with Gasteiger partial charge in [-0.1, -0.05) is 6.92 Å². The SMILES string of the molecule is CCOC.Cc1ccc2[nH]cc(CC(C)C=O)c2n1. The minimum atomic E-state index is 0.0475. The Morgan fingerprint density at radius 3 is 2.74 bits per heavy atom. The molecule has 4 nitrogen and oxygen atoms in total. The van der Waals surface area contributed by atoms with E-state index in [-0.39, 0.29) is 5.92 Å². The van der Waals surface area contributed by atoms with Crippen molar-refractivity contribution in [2.75, 3.05) is 13.7 Å². The summed E-state index contributed by atoms with van der Waals surface area (Å²) < 4.78 is 4.54. The first-order valence-electron chi connectivity index (χ1n) is 6.50. The van der Waals surface area contributed by atoms with Crippen LogP contribution in [-0.2, 0) is 16.0 Å². The second-order valence-electron chi connectivity index (χ2n) is 4.56. The number of nitrogens with one attached hydrogen (secondary N) is 1. The molecule has 2 rings (SSSR count). The number of aromatic amines is 1. The lowest BCUT2D eigenvalue weighted by Crippen LogP contribution is -2.00. The summed E-state index contributed by atoms with van der Waals surface area (Å²) >= 11 is 0. The molecule has 0 aromatic carbocycles. The quantitative estimate of drug-likeness (QED) is 0.862. The highest BCUT2D eigenvalue weighted by Gasteiger charge is 2.08. The van der Waals surface area contributed by atoms with Gasteiger partial charge in [0.1, 0.15) is 6.29 Å². The van der Waals surface area contributed by atoms with Crippen LogP contribution in [0.2, 0.25) is 0 Å². The van der Waals surface area contributed by atoms with Gasteiger partial charge in [0, 0.05) is 31.5 Å². The van der Waals surface area contributed by atoms with Crippen molar-refractivity contribution in [1.82, 2.24) is 9.97 Å². The van der Waals surface area contributed by atoms with Gasteiger partial charge in [0.05, 0.1) is 11.0 Å². The standard InChI is InChI=1S/C12H14N2O.C3H8O/c1-8(7-15)5-10-6-13-11-4-3-9(2)14-12(10)11;1-3-4-2/h3-4,6-8,13H,5H2,1-2H3;3H2,1-2H3. The molecule has 4 heteroatoms. The Kier molecular flexibility index (Phi) is 6.22. The fraction of sp³-hybridized carbons (Fsp3) is 0.467. The van der Waals surface area contributed by atoms with Crippen LogP contribution in [0.3, 0.4) is 0 Å². The highest BCUT2D eigenvalue weighted by Crippen LogP contribution is 2.18. The number of ether oxygens (including phenoxy) is 1. The maximum atomic E-state index is 10.6. The number of carbonyl (C=O) groups excluding carboxylic acids is 1. The first-order valence-corrected chi connectivity index (χ1v) is 6.50. The van der Waals surface area contributed by atoms with E-state index in [9.17, 15) is 4.79 Å². The van der Waals surface area contributed by atoms with E-state index in [1.807, 2.05) is 39.1 Å². The Labute approximate surface area is 114 Å². The molecule has 0 fully saturated rings. The van der Waals surface area contributed by atoms with Crippen molar-refractivity contribution < 1.29 is 9.53 Å². The molecule has 0 amide bonds. The van der Waals surface area contributed by atoms with Crippen LogP contribution in [-0.4, -0.2) is 30.0 Å². The third kappa shape index (κ3) is 4.48. The Balaban J connectivity index is 0.000000399. The first-order chi connectivity index (χ1) is 9.12. The highest BCUT2D eigenvalue weighted by atomic mass is 16.5. The van der Waals surface area contributed by atoms with Gasteiger partial charge in [0.15, 0.2) is 0 Å². The van der Waals surface area contributed by atoms with Gasteiger partial charge in [-0.25, -0.2) is 0 Å². The predicted molar refractivity (Wildman–Crippen MR) is 77.3 cm³/mol. The molecular weight excluding hydrogens is 240 g/mol. The van der Waals surface area contributed by atoms with Crippen LogP contribution < -0.4 is 0 Å². The lowest BCUT2D eigenvalue weighted by molar-refractivity contribution is -0.110. The smallest absolute Gasteiger partial charge is 0.123 e. The number of H-pyrrole nitrogens is 1. The van der Waals surface area contributed by atoms with Gasteiger partial charge < -0.3 is 14.5 Å². The van der Waals surface area contributed by atoms with E-state index in [2.05, 4.69) is 14.7 Å². The molecule has 0 radical (unpaired) electrons. The van der Waals surface area contributed by atoms with E-state index in [0.717, 1.165) is 41.6 Å². The number of hydrogen-bond donors (Lipinski definition) is 1. The van der Waals surface area contributed by atoms with E-state index >= 15 is 0 Å². The number of pyridine rings is 1. The summed E-state index contributed by atoms with van der Waals surface area (Å²) in [4.78, 5) is 18.2. The number of fused-ring (bicyclic) bond motifs is 1. The fourth-order valence-corrected chi connectivity index (χ4v) is 1.70. The first kappa shape index (κ1) is 15.4. The summed E-state index contributed by atoms with van der Waals surface area (Å²) in [7, 11) is 1.68. The molecule has 1 unspecified atom stereocenters. The Bertz CT molecular complexity index is 518. The Morgan fingerprint density at radius 2 is 2.16 bits per heavy atom. The second-order valence-corrected chi connectivity index (χ2v) is 4.56. The monoisotopic (exact) mass is 262 g/mol. The zero-order valence-electron chi connectivity index (χ0n) is 12.1. The minimum Gasteiger partial charge on any atom is -0.385 e. The van der Waals surface area contributed by atoms with Gasteiger partial charge >= 0.3 is 0 Å². The molecule has 0 saturated heterocycles. The van der Waals surface area contributed by atoms with E-state index in [1.165, 1.54) is 0 Å². The van der Waals surface area contributed by atoms with E-state index in [4.69, 9.17) is 0 Å². The molecule has 2 heterocycles. The largest absolute Gasteiger partial charge is 0.385 e. The molecule has 0 spiro atoms. The number of aromatic nitrogens is 2. The van der Waals surface area contributed by atoms with Crippen molar-refractivity contribution in [3.8, 4) is 0 Å². The van der Waals surface area contributed by atoms with Crippen molar-refractivity contribution in [3.05, 3.63) is 29.6 Å². The Morgan fingerprint density at radius 1 is 1.47 bits per heavy atom. The van der Waals surface area contributed by atoms with Gasteiger partial charge in [-0.3, -0.25) is 4.98 Å². The number of nitrogens with zero attached hydrogens (tertiary/aromatic N) is 1. The average Bonchev–Trinajstić information content (AvgIpc) is 2.81. The molecule has 19 heavy (non-hydrogen) atoms. The summed E-state index contributed by atoms with van der Waals surface area (Å²) in [6.45, 7) is 6.67. The average molecular weight is 262 g/mol. The van der Waals surface area contributed by atoms with Crippen molar-refractivity contribution in [2.45, 2.75) is 27.2 Å². The van der Waals surface area contributed by atoms with Crippen LogP contribution >= 0.6 is 0 Å². The van der Waals surface area contributed by atoms with Gasteiger partial charge in [0.25, 0.3) is 0 Å². The third-order valence-corrected chi connectivity index (χ3v) is 2.80. The van der Waals surface area contributed by atoms with Crippen LogP contribution in [0.1, 0.15) is 25.1 Å². The normalized spacial score (nSPS) is 11.8. The summed E-state index contributed by atoms with van der Waals surface area (Å²) in [5.74, 6) is 0.0475. The van der Waals surface area contributed by atoms with Crippen LogP contribution in [0, 0.1) is 12.8 Å². The third-order valence-electron chi connectivity index (χ3n) is 2.80. The van der Waals surface area contributed by atoms with Crippen molar-refractivity contribution in [2.24, 2.45) is 5.92 Å². The van der Waals surface area contributed by atoms with E-state index in [0.29, 0.717) is 0 Å². The topological polar surface area (TPSA) is 55.0 Å². The van der Waals surface area contributed by atoms with Crippen molar-refractivity contribution >= 4 is 17.3 Å². The molecule has 1 N–H and O–H groups in total. The lowest BCUT2D eigenvalue weighted by Gasteiger charge is -2.01. The molecule has 2 aromatic rings. The molecule has 2 aromatic heterocycles. The molecule has 0 aliphatic carbocycles. The van der Waals surface area contributed by atoms with Crippen molar-refractivity contribution in [3.63, 3.8) is 0 Å². The second kappa shape index (κ2) is 7.69. The molecule has 0 aliphatic heterocycles. The Hall–Kier alpha value is -1.68. The number of carbonyl (C=O) groups is 1. The maximum absolute atomic E-state index is 10.6. The molecular formula is C15H22N2O2. The maximum Gasteiger partial charge on any atom is 0.123 e. The molecule has 0 bridgehead atoms. The summed E-state index contributed by atoms with van der Waals surface area (Å²) in [5, 5.41) is 0. The van der Waals surface area contributed by atoms with Crippen LogP contribution in [0.5, 0.6) is 0 Å². The number of hydrogen-bond acceptors (Lipinski definition) is 3. The van der Waals surface area contributed by atoms with Crippen LogP contribution in [0.15, 0.2) is 18.3 Å². The zero-order chi connectivity index (χ0) is 14.3. The van der Waals surface area contributed by atoms with E-state index in [1.54, 1.807) is 7.11 Å². The minimum absolute atomic E-state index is 0.0475. The molecule has 104 valence electrons. The predicted octanol–water partition coefficient (Wildman–Crippen LogP) is 2.90. The highest BCUT2D eigenvalue weighted by molar-refractivity contribution is 5.79. The van der Waals surface area contributed by atoms with Crippen molar-refractivity contribution in [1.29, 1.82) is 0 Å². The van der Waals surface area contributed by atoms with E-state index < -0.39 is 0 Å². The molecule has 0 aliphatic rings. The van der Waals surface area contributed by atoms with Crippen LogP contribution in [0.4, 0.5) is 0 Å². The van der Waals surface area contributed by atoms with Gasteiger partial charge in [-0.05, 0) is 38.0 Å². The molecule has 0 saturated carbocycles. The van der Waals surface area contributed by atoms with Gasteiger partial charge in [-0.2, -0.15) is 0 Å². The number of methoxy groups -OCH3 is 1.